The SMILES string of the molecule is Cc1cccc([C@H]2C[C@H](N(C)C(=O)[C@H]3C[C@]4(COC(=O)N4)C3)C2)c1. The molecular weight excluding hydrogens is 304 g/mol. The normalized spacial score (nSPS) is 34.1. The number of benzene rings is 1. The fourth-order valence-corrected chi connectivity index (χ4v) is 4.34. The van der Waals surface area contributed by atoms with Gasteiger partial charge < -0.3 is 15.0 Å². The van der Waals surface area contributed by atoms with Gasteiger partial charge in [0.05, 0.1) is 5.54 Å². The van der Waals surface area contributed by atoms with Crippen LogP contribution < -0.4 is 5.32 Å². The maximum absolute atomic E-state index is 12.7. The Morgan fingerprint density at radius 3 is 2.71 bits per heavy atom. The lowest BCUT2D eigenvalue weighted by atomic mass is 9.67. The van der Waals surface area contributed by atoms with Gasteiger partial charge in [-0.25, -0.2) is 4.79 Å². The summed E-state index contributed by atoms with van der Waals surface area (Å²) in [6, 6.07) is 9.01. The maximum atomic E-state index is 12.7. The molecule has 1 heterocycles. The summed E-state index contributed by atoms with van der Waals surface area (Å²) in [5.41, 5.74) is 2.41. The van der Waals surface area contributed by atoms with Crippen LogP contribution in [-0.4, -0.2) is 42.1 Å². The Hall–Kier alpha value is -2.04. The van der Waals surface area contributed by atoms with Gasteiger partial charge in [-0.1, -0.05) is 29.8 Å². The number of carbonyl (C=O) groups excluding carboxylic acids is 2. The number of amides is 2. The van der Waals surface area contributed by atoms with E-state index in [4.69, 9.17) is 4.74 Å². The molecule has 2 aliphatic carbocycles. The van der Waals surface area contributed by atoms with E-state index >= 15 is 0 Å². The van der Waals surface area contributed by atoms with Gasteiger partial charge in [-0.3, -0.25) is 4.79 Å². The van der Waals surface area contributed by atoms with Crippen molar-refractivity contribution in [1.82, 2.24) is 10.2 Å². The molecule has 0 radical (unpaired) electrons. The summed E-state index contributed by atoms with van der Waals surface area (Å²) in [6.45, 7) is 2.52. The Morgan fingerprint density at radius 2 is 2.08 bits per heavy atom. The van der Waals surface area contributed by atoms with Crippen LogP contribution >= 0.6 is 0 Å². The van der Waals surface area contributed by atoms with E-state index in [1.807, 2.05) is 11.9 Å². The molecule has 3 fully saturated rings. The predicted molar refractivity (Wildman–Crippen MR) is 89.7 cm³/mol. The van der Waals surface area contributed by atoms with Crippen LogP contribution in [0.4, 0.5) is 4.79 Å². The molecule has 5 nitrogen and oxygen atoms in total. The number of nitrogens with zero attached hydrogens (tertiary/aromatic N) is 1. The lowest BCUT2D eigenvalue weighted by Gasteiger charge is -2.47. The number of hydrogen-bond donors (Lipinski definition) is 1. The van der Waals surface area contributed by atoms with Gasteiger partial charge in [-0.2, -0.15) is 0 Å². The number of hydrogen-bond acceptors (Lipinski definition) is 3. The molecule has 1 spiro atoms. The molecule has 1 saturated heterocycles. The molecule has 1 aliphatic heterocycles. The van der Waals surface area contributed by atoms with Crippen LogP contribution in [0.1, 0.15) is 42.7 Å². The molecule has 2 saturated carbocycles. The second-order valence-electron chi connectivity index (χ2n) is 7.77. The van der Waals surface area contributed by atoms with Crippen LogP contribution in [0, 0.1) is 12.8 Å². The number of alkyl carbamates (subject to hydrolysis) is 1. The van der Waals surface area contributed by atoms with Gasteiger partial charge in [0.1, 0.15) is 6.61 Å². The Kier molecular flexibility index (Phi) is 3.55. The van der Waals surface area contributed by atoms with Crippen molar-refractivity contribution in [2.45, 2.75) is 50.1 Å². The third kappa shape index (κ3) is 2.56. The molecule has 0 aromatic heterocycles. The van der Waals surface area contributed by atoms with Crippen LogP contribution in [0.5, 0.6) is 0 Å². The van der Waals surface area contributed by atoms with Gasteiger partial charge in [0.15, 0.2) is 0 Å². The van der Waals surface area contributed by atoms with E-state index in [0.717, 1.165) is 12.8 Å². The number of nitrogens with one attached hydrogen (secondary N) is 1. The smallest absolute Gasteiger partial charge is 0.407 e. The van der Waals surface area contributed by atoms with Gasteiger partial charge in [0.25, 0.3) is 0 Å². The molecule has 1 N–H and O–H groups in total. The van der Waals surface area contributed by atoms with Crippen molar-refractivity contribution in [1.29, 1.82) is 0 Å². The summed E-state index contributed by atoms with van der Waals surface area (Å²) in [4.78, 5) is 25.8. The second-order valence-corrected chi connectivity index (χ2v) is 7.77. The fourth-order valence-electron chi connectivity index (χ4n) is 4.34. The quantitative estimate of drug-likeness (QED) is 0.928. The predicted octanol–water partition coefficient (Wildman–Crippen LogP) is 2.59. The zero-order valence-corrected chi connectivity index (χ0v) is 14.2. The van der Waals surface area contributed by atoms with Crippen molar-refractivity contribution in [3.8, 4) is 0 Å². The molecule has 0 unspecified atom stereocenters. The first-order chi connectivity index (χ1) is 11.5. The number of cyclic esters (lactones) is 1. The minimum atomic E-state index is -0.353. The van der Waals surface area contributed by atoms with Gasteiger partial charge in [-0.15, -0.1) is 0 Å². The lowest BCUT2D eigenvalue weighted by Crippen LogP contribution is -2.59. The summed E-state index contributed by atoms with van der Waals surface area (Å²) in [5.74, 6) is 0.810. The molecule has 1 aromatic carbocycles. The van der Waals surface area contributed by atoms with Crippen LogP contribution in [0.3, 0.4) is 0 Å². The van der Waals surface area contributed by atoms with Crippen molar-refractivity contribution in [3.05, 3.63) is 35.4 Å². The summed E-state index contributed by atoms with van der Waals surface area (Å²) < 4.78 is 4.98. The van der Waals surface area contributed by atoms with Crippen LogP contribution in [0.15, 0.2) is 24.3 Å². The molecule has 1 aromatic rings. The molecule has 0 bridgehead atoms. The molecule has 2 amide bonds. The monoisotopic (exact) mass is 328 g/mol. The summed E-state index contributed by atoms with van der Waals surface area (Å²) in [7, 11) is 1.92. The highest BCUT2D eigenvalue weighted by Crippen LogP contribution is 2.44. The molecule has 5 heteroatoms. The number of carbonyl (C=O) groups is 2. The second kappa shape index (κ2) is 5.50. The van der Waals surface area contributed by atoms with Gasteiger partial charge in [0.2, 0.25) is 5.91 Å². The van der Waals surface area contributed by atoms with Gasteiger partial charge in [-0.05, 0) is 44.1 Å². The molecule has 24 heavy (non-hydrogen) atoms. The number of ether oxygens (including phenoxy) is 1. The Morgan fingerprint density at radius 1 is 1.33 bits per heavy atom. The van der Waals surface area contributed by atoms with E-state index in [1.54, 1.807) is 0 Å². The third-order valence-corrected chi connectivity index (χ3v) is 5.99. The van der Waals surface area contributed by atoms with E-state index < -0.39 is 0 Å². The first-order valence-corrected chi connectivity index (χ1v) is 8.74. The van der Waals surface area contributed by atoms with Crippen molar-refractivity contribution in [2.24, 2.45) is 5.92 Å². The van der Waals surface area contributed by atoms with Gasteiger partial charge >= 0.3 is 6.09 Å². The highest BCUT2D eigenvalue weighted by Gasteiger charge is 2.53. The van der Waals surface area contributed by atoms with Crippen LogP contribution in [-0.2, 0) is 9.53 Å². The highest BCUT2D eigenvalue weighted by molar-refractivity contribution is 5.81. The summed E-state index contributed by atoms with van der Waals surface area (Å²) in [6.07, 6.45) is 3.15. The molecule has 3 aliphatic rings. The van der Waals surface area contributed by atoms with Crippen LogP contribution in [0.2, 0.25) is 0 Å². The molecule has 128 valence electrons. The zero-order chi connectivity index (χ0) is 16.9. The Labute approximate surface area is 142 Å². The largest absolute Gasteiger partial charge is 0.447 e. The fraction of sp³-hybridized carbons (Fsp3) is 0.579. The topological polar surface area (TPSA) is 58.6 Å². The first kappa shape index (κ1) is 15.5. The van der Waals surface area contributed by atoms with E-state index in [2.05, 4.69) is 36.5 Å². The number of rotatable bonds is 3. The molecule has 4 rings (SSSR count). The Balaban J connectivity index is 1.29. The minimum absolute atomic E-state index is 0.0232. The van der Waals surface area contributed by atoms with Crippen molar-refractivity contribution >= 4 is 12.0 Å². The molecule has 0 atom stereocenters. The zero-order valence-electron chi connectivity index (χ0n) is 14.2. The minimum Gasteiger partial charge on any atom is -0.447 e. The highest BCUT2D eigenvalue weighted by atomic mass is 16.6. The van der Waals surface area contributed by atoms with E-state index in [0.29, 0.717) is 31.4 Å². The summed E-state index contributed by atoms with van der Waals surface area (Å²) >= 11 is 0. The average Bonchev–Trinajstić information content (AvgIpc) is 2.86. The third-order valence-electron chi connectivity index (χ3n) is 5.99. The number of aryl methyl sites for hydroxylation is 1. The summed E-state index contributed by atoms with van der Waals surface area (Å²) in [5, 5.41) is 2.85. The van der Waals surface area contributed by atoms with E-state index in [1.165, 1.54) is 11.1 Å². The molecular formula is C19H24N2O3. The van der Waals surface area contributed by atoms with Gasteiger partial charge in [0, 0.05) is 19.0 Å². The van der Waals surface area contributed by atoms with Crippen molar-refractivity contribution in [3.63, 3.8) is 0 Å². The Bertz CT molecular complexity index is 675. The van der Waals surface area contributed by atoms with E-state index in [9.17, 15) is 9.59 Å². The van der Waals surface area contributed by atoms with Crippen LogP contribution in [0.25, 0.3) is 0 Å². The average molecular weight is 328 g/mol. The van der Waals surface area contributed by atoms with Crippen molar-refractivity contribution in [2.75, 3.05) is 13.7 Å². The standard InChI is InChI=1S/C19H24N2O3/c1-12-4-3-5-13(6-12)14-7-16(8-14)21(2)17(22)15-9-19(10-15)11-24-18(23)20-19/h3-6,14-16H,7-11H2,1-2H3,(H,20,23)/t14-,15-,16-,19+. The lowest BCUT2D eigenvalue weighted by molar-refractivity contribution is -0.143. The maximum Gasteiger partial charge on any atom is 0.407 e. The first-order valence-electron chi connectivity index (χ1n) is 8.74. The van der Waals surface area contributed by atoms with E-state index in [-0.39, 0.29) is 23.5 Å². The van der Waals surface area contributed by atoms with Crippen molar-refractivity contribution < 1.29 is 14.3 Å².